The Morgan fingerprint density at radius 1 is 0.824 bits per heavy atom. The van der Waals surface area contributed by atoms with Crippen molar-refractivity contribution in [3.63, 3.8) is 0 Å². The number of imidazole rings is 1. The lowest BCUT2D eigenvalue weighted by atomic mass is 10.3. The molecular weight excluding hydrogens is 216 g/mol. The number of rotatable bonds is 0. The van der Waals surface area contributed by atoms with Crippen LogP contribution in [-0.2, 0) is 0 Å². The number of phenolic OH excluding ortho intramolecular Hbond substituents is 2. The van der Waals surface area contributed by atoms with Crippen molar-refractivity contribution in [1.29, 1.82) is 0 Å². The molecule has 1 aromatic heterocycles. The van der Waals surface area contributed by atoms with Gasteiger partial charge in [0, 0.05) is 0 Å². The number of nitrogens with one attached hydrogen (secondary N) is 1. The van der Waals surface area contributed by atoms with Gasteiger partial charge in [-0.15, -0.1) is 0 Å². The van der Waals surface area contributed by atoms with Crippen molar-refractivity contribution in [2.24, 2.45) is 0 Å². The maximum Gasteiger partial charge on any atom is 0.157 e. The maximum absolute atomic E-state index is 8.67. The molecule has 0 atom stereocenters. The molecule has 86 valence electrons. The Labute approximate surface area is 98.2 Å². The van der Waals surface area contributed by atoms with Gasteiger partial charge in [-0.25, -0.2) is 4.98 Å². The Bertz CT molecular complexity index is 554. The van der Waals surface area contributed by atoms with E-state index in [-0.39, 0.29) is 11.5 Å². The quantitative estimate of drug-likeness (QED) is 0.518. The van der Waals surface area contributed by atoms with E-state index in [1.807, 2.05) is 24.3 Å². The van der Waals surface area contributed by atoms with E-state index in [0.29, 0.717) is 0 Å². The molecule has 4 heteroatoms. The molecule has 0 fully saturated rings. The van der Waals surface area contributed by atoms with Crippen molar-refractivity contribution < 1.29 is 10.2 Å². The lowest BCUT2D eigenvalue weighted by Crippen LogP contribution is -1.63. The molecule has 17 heavy (non-hydrogen) atoms. The normalized spacial score (nSPS) is 9.65. The summed E-state index contributed by atoms with van der Waals surface area (Å²) in [4.78, 5) is 7.07. The average Bonchev–Trinajstić information content (AvgIpc) is 2.82. The van der Waals surface area contributed by atoms with Crippen molar-refractivity contribution in [2.75, 3.05) is 0 Å². The summed E-state index contributed by atoms with van der Waals surface area (Å²) in [6.45, 7) is 0. The maximum atomic E-state index is 8.67. The molecule has 3 rings (SSSR count). The third kappa shape index (κ3) is 2.75. The predicted octanol–water partition coefficient (Wildman–Crippen LogP) is 2.66. The third-order valence-electron chi connectivity index (χ3n) is 2.21. The lowest BCUT2D eigenvalue weighted by molar-refractivity contribution is 0.404. The monoisotopic (exact) mass is 228 g/mol. The van der Waals surface area contributed by atoms with Crippen LogP contribution in [0.4, 0.5) is 0 Å². The fraction of sp³-hybridized carbons (Fsp3) is 0. The number of fused-ring (bicyclic) bond motifs is 1. The average molecular weight is 228 g/mol. The van der Waals surface area contributed by atoms with Crippen molar-refractivity contribution in [3.05, 3.63) is 54.9 Å². The molecule has 0 aliphatic heterocycles. The highest BCUT2D eigenvalue weighted by atomic mass is 16.3. The van der Waals surface area contributed by atoms with Crippen LogP contribution in [0.25, 0.3) is 11.0 Å². The Kier molecular flexibility index (Phi) is 3.25. The molecule has 1 heterocycles. The highest BCUT2D eigenvalue weighted by Gasteiger charge is 1.90. The Morgan fingerprint density at radius 2 is 1.41 bits per heavy atom. The lowest BCUT2D eigenvalue weighted by Gasteiger charge is -1.91. The first kappa shape index (κ1) is 11.0. The van der Waals surface area contributed by atoms with Crippen molar-refractivity contribution in [2.45, 2.75) is 0 Å². The van der Waals surface area contributed by atoms with Gasteiger partial charge >= 0.3 is 0 Å². The number of aromatic nitrogens is 2. The van der Waals surface area contributed by atoms with E-state index in [2.05, 4.69) is 9.97 Å². The molecular formula is C13H12N2O2. The van der Waals surface area contributed by atoms with Crippen LogP contribution in [0.5, 0.6) is 11.5 Å². The standard InChI is InChI=1S/C7H6N2.C6H6O2/c1-2-4-7-6(3-1)8-5-9-7;7-5-3-1-2-4-6(5)8/h1-5H,(H,8,9);1-4,7-8H. The van der Waals surface area contributed by atoms with Gasteiger partial charge in [-0.3, -0.25) is 0 Å². The van der Waals surface area contributed by atoms with Gasteiger partial charge in [0.25, 0.3) is 0 Å². The van der Waals surface area contributed by atoms with Crippen LogP contribution in [0.2, 0.25) is 0 Å². The summed E-state index contributed by atoms with van der Waals surface area (Å²) in [6, 6.07) is 14.1. The van der Waals surface area contributed by atoms with E-state index >= 15 is 0 Å². The summed E-state index contributed by atoms with van der Waals surface area (Å²) in [6.07, 6.45) is 1.70. The molecule has 0 saturated heterocycles. The fourth-order valence-electron chi connectivity index (χ4n) is 1.34. The number of para-hydroxylation sites is 4. The first-order valence-corrected chi connectivity index (χ1v) is 5.12. The topological polar surface area (TPSA) is 69.1 Å². The van der Waals surface area contributed by atoms with Crippen LogP contribution >= 0.6 is 0 Å². The Hall–Kier alpha value is -2.49. The van der Waals surface area contributed by atoms with E-state index in [0.717, 1.165) is 11.0 Å². The largest absolute Gasteiger partial charge is 0.504 e. The Morgan fingerprint density at radius 3 is 2.00 bits per heavy atom. The van der Waals surface area contributed by atoms with Crippen LogP contribution < -0.4 is 0 Å². The zero-order chi connectivity index (χ0) is 12.1. The van der Waals surface area contributed by atoms with E-state index < -0.39 is 0 Å². The number of aromatic hydroxyl groups is 2. The molecule has 0 radical (unpaired) electrons. The van der Waals surface area contributed by atoms with E-state index in [4.69, 9.17) is 10.2 Å². The fourth-order valence-corrected chi connectivity index (χ4v) is 1.34. The molecule has 4 nitrogen and oxygen atoms in total. The SMILES string of the molecule is Oc1ccccc1O.c1ccc2[nH]cnc2c1. The van der Waals surface area contributed by atoms with Gasteiger partial charge in [-0.05, 0) is 24.3 Å². The zero-order valence-corrected chi connectivity index (χ0v) is 9.04. The van der Waals surface area contributed by atoms with Gasteiger partial charge in [0.15, 0.2) is 11.5 Å². The second kappa shape index (κ2) is 5.03. The molecule has 3 aromatic rings. The number of hydrogen-bond acceptors (Lipinski definition) is 3. The smallest absolute Gasteiger partial charge is 0.157 e. The van der Waals surface area contributed by atoms with Gasteiger partial charge in [0.05, 0.1) is 17.4 Å². The molecule has 0 saturated carbocycles. The minimum absolute atomic E-state index is 0.0764. The predicted molar refractivity (Wildman–Crippen MR) is 65.9 cm³/mol. The molecule has 0 aliphatic carbocycles. The van der Waals surface area contributed by atoms with Crippen molar-refractivity contribution in [3.8, 4) is 11.5 Å². The first-order chi connectivity index (χ1) is 8.27. The number of nitrogens with zero attached hydrogens (tertiary/aromatic N) is 1. The molecule has 0 unspecified atom stereocenters. The van der Waals surface area contributed by atoms with Crippen LogP contribution in [0, 0.1) is 0 Å². The van der Waals surface area contributed by atoms with Crippen LogP contribution in [0.1, 0.15) is 0 Å². The minimum atomic E-state index is -0.0764. The summed E-state index contributed by atoms with van der Waals surface area (Å²) < 4.78 is 0. The highest BCUT2D eigenvalue weighted by Crippen LogP contribution is 2.21. The van der Waals surface area contributed by atoms with Crippen molar-refractivity contribution in [1.82, 2.24) is 9.97 Å². The van der Waals surface area contributed by atoms with E-state index in [1.165, 1.54) is 12.1 Å². The molecule has 0 spiro atoms. The summed E-state index contributed by atoms with van der Waals surface area (Å²) in [5, 5.41) is 17.3. The van der Waals surface area contributed by atoms with Crippen LogP contribution in [-0.4, -0.2) is 20.2 Å². The molecule has 0 aliphatic rings. The van der Waals surface area contributed by atoms with Crippen LogP contribution in [0.3, 0.4) is 0 Å². The second-order valence-corrected chi connectivity index (χ2v) is 3.41. The van der Waals surface area contributed by atoms with Crippen LogP contribution in [0.15, 0.2) is 54.9 Å². The Balaban J connectivity index is 0.000000128. The zero-order valence-electron chi connectivity index (χ0n) is 9.04. The summed E-state index contributed by atoms with van der Waals surface area (Å²) in [5.74, 6) is -0.153. The number of hydrogen-bond donors (Lipinski definition) is 3. The van der Waals surface area contributed by atoms with Crippen molar-refractivity contribution >= 4 is 11.0 Å². The van der Waals surface area contributed by atoms with Gasteiger partial charge in [0.2, 0.25) is 0 Å². The van der Waals surface area contributed by atoms with Gasteiger partial charge < -0.3 is 15.2 Å². The summed E-state index contributed by atoms with van der Waals surface area (Å²) >= 11 is 0. The minimum Gasteiger partial charge on any atom is -0.504 e. The van der Waals surface area contributed by atoms with Gasteiger partial charge in [-0.2, -0.15) is 0 Å². The first-order valence-electron chi connectivity index (χ1n) is 5.12. The highest BCUT2D eigenvalue weighted by molar-refractivity contribution is 5.73. The number of phenols is 2. The molecule has 0 bridgehead atoms. The molecule has 3 N–H and O–H groups in total. The number of benzene rings is 2. The molecule has 2 aromatic carbocycles. The molecule has 0 amide bonds. The van der Waals surface area contributed by atoms with Gasteiger partial charge in [-0.1, -0.05) is 24.3 Å². The summed E-state index contributed by atoms with van der Waals surface area (Å²) in [7, 11) is 0. The van der Waals surface area contributed by atoms with E-state index in [9.17, 15) is 0 Å². The van der Waals surface area contributed by atoms with E-state index in [1.54, 1.807) is 18.5 Å². The summed E-state index contributed by atoms with van der Waals surface area (Å²) in [5.41, 5.74) is 2.12. The number of aromatic amines is 1. The van der Waals surface area contributed by atoms with Gasteiger partial charge in [0.1, 0.15) is 0 Å². The number of H-pyrrole nitrogens is 1. The second-order valence-electron chi connectivity index (χ2n) is 3.41. The third-order valence-corrected chi connectivity index (χ3v) is 2.21.